The van der Waals surface area contributed by atoms with Crippen LogP contribution in [0.5, 0.6) is 0 Å². The Kier molecular flexibility index (Phi) is 7.84. The number of hydrogen-bond donors (Lipinski definition) is 2. The van der Waals surface area contributed by atoms with E-state index < -0.39 is 6.67 Å². The van der Waals surface area contributed by atoms with Gasteiger partial charge in [-0.25, -0.2) is 4.39 Å². The zero-order valence-corrected chi connectivity index (χ0v) is 13.4. The van der Waals surface area contributed by atoms with Crippen LogP contribution in [0, 0.1) is 17.8 Å². The summed E-state index contributed by atoms with van der Waals surface area (Å²) in [4.78, 5) is 11.0. The minimum Gasteiger partial charge on any atom is -0.352 e. The molecule has 1 fully saturated rings. The van der Waals surface area contributed by atoms with Crippen molar-refractivity contribution >= 4 is 18.7 Å². The van der Waals surface area contributed by atoms with Crippen molar-refractivity contribution in [2.45, 2.75) is 52.4 Å². The van der Waals surface area contributed by atoms with Crippen LogP contribution < -0.4 is 4.72 Å². The van der Waals surface area contributed by atoms with Crippen molar-refractivity contribution < 1.29 is 18.7 Å². The summed E-state index contributed by atoms with van der Waals surface area (Å²) in [5, 5.41) is 0. The van der Waals surface area contributed by atoms with Crippen LogP contribution in [0.2, 0.25) is 0 Å². The van der Waals surface area contributed by atoms with E-state index in [1.54, 1.807) is 0 Å². The van der Waals surface area contributed by atoms with Crippen LogP contribution in [-0.2, 0) is 14.3 Å². The molecule has 0 saturated carbocycles. The third kappa shape index (κ3) is 4.90. The van der Waals surface area contributed by atoms with E-state index in [-0.39, 0.29) is 30.1 Å². The van der Waals surface area contributed by atoms with Crippen LogP contribution in [0.3, 0.4) is 0 Å². The smallest absolute Gasteiger partial charge is 0.229 e. The van der Waals surface area contributed by atoms with Crippen molar-refractivity contribution in [3.8, 4) is 0 Å². The molecule has 1 aliphatic rings. The third-order valence-electron chi connectivity index (χ3n) is 4.34. The number of rotatable bonds is 7. The molecule has 5 atom stereocenters. The molecule has 118 valence electrons. The third-order valence-corrected chi connectivity index (χ3v) is 4.59. The summed E-state index contributed by atoms with van der Waals surface area (Å²) in [6.07, 6.45) is 1.24. The molecule has 1 amide bonds. The maximum Gasteiger partial charge on any atom is 0.229 e. The van der Waals surface area contributed by atoms with E-state index in [0.717, 1.165) is 12.8 Å². The summed E-state index contributed by atoms with van der Waals surface area (Å²) < 4.78 is 26.6. The lowest BCUT2D eigenvalue weighted by Crippen LogP contribution is -2.46. The summed E-state index contributed by atoms with van der Waals surface area (Å²) in [7, 11) is 0. The lowest BCUT2D eigenvalue weighted by Gasteiger charge is -2.42. The average Bonchev–Trinajstić information content (AvgIpc) is 2.46. The van der Waals surface area contributed by atoms with Gasteiger partial charge in [-0.15, -0.1) is 0 Å². The first kappa shape index (κ1) is 17.7. The second-order valence-corrected chi connectivity index (χ2v) is 5.86. The molecule has 1 heterocycles. The molecule has 5 unspecified atom stereocenters. The van der Waals surface area contributed by atoms with Gasteiger partial charge >= 0.3 is 0 Å². The molecular weight excluding hydrogens is 281 g/mol. The fourth-order valence-corrected chi connectivity index (χ4v) is 2.61. The van der Waals surface area contributed by atoms with Crippen LogP contribution >= 0.6 is 12.8 Å². The predicted molar refractivity (Wildman–Crippen MR) is 79.1 cm³/mol. The van der Waals surface area contributed by atoms with Gasteiger partial charge in [0.05, 0.1) is 6.10 Å². The Balaban J connectivity index is 2.30. The monoisotopic (exact) mass is 307 g/mol. The molecule has 20 heavy (non-hydrogen) atoms. The van der Waals surface area contributed by atoms with Gasteiger partial charge in [-0.05, 0) is 24.7 Å². The van der Waals surface area contributed by atoms with E-state index in [1.165, 1.54) is 0 Å². The van der Waals surface area contributed by atoms with Crippen molar-refractivity contribution in [3.63, 3.8) is 0 Å². The molecule has 0 aromatic carbocycles. The fraction of sp³-hybridized carbons (Fsp3) is 0.929. The van der Waals surface area contributed by atoms with Crippen molar-refractivity contribution in [3.05, 3.63) is 0 Å². The zero-order valence-electron chi connectivity index (χ0n) is 12.5. The topological polar surface area (TPSA) is 47.6 Å². The Labute approximate surface area is 126 Å². The highest BCUT2D eigenvalue weighted by Crippen LogP contribution is 2.35. The van der Waals surface area contributed by atoms with Crippen molar-refractivity contribution in [1.82, 2.24) is 4.72 Å². The molecule has 1 N–H and O–H groups in total. The van der Waals surface area contributed by atoms with E-state index >= 15 is 0 Å². The number of ether oxygens (including phenoxy) is 2. The number of thiol groups is 1. The molecule has 0 radical (unpaired) electrons. The van der Waals surface area contributed by atoms with E-state index in [2.05, 4.69) is 31.4 Å². The van der Waals surface area contributed by atoms with Crippen molar-refractivity contribution in [2.24, 2.45) is 17.8 Å². The van der Waals surface area contributed by atoms with E-state index in [0.29, 0.717) is 18.9 Å². The second kappa shape index (κ2) is 8.85. The van der Waals surface area contributed by atoms with Gasteiger partial charge in [0.25, 0.3) is 0 Å². The quantitative estimate of drug-likeness (QED) is 0.561. The molecule has 4 nitrogen and oxygen atoms in total. The van der Waals surface area contributed by atoms with Gasteiger partial charge in [-0.3, -0.25) is 4.79 Å². The standard InChI is InChI=1S/C14H26FNO3S/c1-9-10(2)12(8-15)19-14(11(9)3)18-7-5-4-6-13(17)16-20/h9-12,14,20H,4-8H2,1-3H3,(H,16,17). The number of carbonyl (C=O) groups excluding carboxylic acids is 1. The van der Waals surface area contributed by atoms with Gasteiger partial charge in [-0.2, -0.15) is 0 Å². The predicted octanol–water partition coefficient (Wildman–Crippen LogP) is 2.74. The van der Waals surface area contributed by atoms with Crippen LogP contribution in [-0.4, -0.2) is 31.6 Å². The number of nitrogens with one attached hydrogen (secondary N) is 1. The average molecular weight is 307 g/mol. The number of hydrogen-bond acceptors (Lipinski definition) is 4. The molecule has 1 rings (SSSR count). The van der Waals surface area contributed by atoms with E-state index in [4.69, 9.17) is 9.47 Å². The Hall–Kier alpha value is -0.330. The highest BCUT2D eigenvalue weighted by atomic mass is 32.1. The number of amides is 1. The molecule has 0 bridgehead atoms. The Morgan fingerprint density at radius 3 is 2.55 bits per heavy atom. The molecule has 0 aliphatic carbocycles. The van der Waals surface area contributed by atoms with Gasteiger partial charge < -0.3 is 14.2 Å². The molecule has 0 spiro atoms. The molecular formula is C14H26FNO3S. The fourth-order valence-electron chi connectivity index (χ4n) is 2.50. The minimum atomic E-state index is -0.472. The maximum absolute atomic E-state index is 12.9. The largest absolute Gasteiger partial charge is 0.352 e. The normalized spacial score (nSPS) is 34.0. The Bertz CT molecular complexity index is 304. The first-order valence-corrected chi connectivity index (χ1v) is 7.72. The molecule has 1 aliphatic heterocycles. The minimum absolute atomic E-state index is 0.0874. The van der Waals surface area contributed by atoms with Crippen LogP contribution in [0.1, 0.15) is 40.0 Å². The number of unbranched alkanes of at least 4 members (excludes halogenated alkanes) is 1. The van der Waals surface area contributed by atoms with Gasteiger partial charge in [0.15, 0.2) is 6.29 Å². The van der Waals surface area contributed by atoms with Crippen LogP contribution in [0.25, 0.3) is 0 Å². The summed E-state index contributed by atoms with van der Waals surface area (Å²) in [6.45, 7) is 6.27. The van der Waals surface area contributed by atoms with Crippen LogP contribution in [0.4, 0.5) is 4.39 Å². The molecule has 6 heteroatoms. The number of carbonyl (C=O) groups is 1. The van der Waals surface area contributed by atoms with Gasteiger partial charge in [0, 0.05) is 18.9 Å². The first-order chi connectivity index (χ1) is 9.51. The summed E-state index contributed by atoms with van der Waals surface area (Å²) in [6, 6.07) is 0. The number of alkyl halides is 1. The van der Waals surface area contributed by atoms with Gasteiger partial charge in [0.1, 0.15) is 6.67 Å². The molecule has 0 aromatic heterocycles. The van der Waals surface area contributed by atoms with Crippen molar-refractivity contribution in [2.75, 3.05) is 13.3 Å². The Morgan fingerprint density at radius 2 is 1.95 bits per heavy atom. The summed E-state index contributed by atoms with van der Waals surface area (Å²) in [5.74, 6) is 0.725. The lowest BCUT2D eigenvalue weighted by atomic mass is 9.79. The van der Waals surface area contributed by atoms with Crippen molar-refractivity contribution in [1.29, 1.82) is 0 Å². The maximum atomic E-state index is 12.9. The highest BCUT2D eigenvalue weighted by molar-refractivity contribution is 7.78. The first-order valence-electron chi connectivity index (χ1n) is 7.27. The van der Waals surface area contributed by atoms with E-state index in [9.17, 15) is 9.18 Å². The summed E-state index contributed by atoms with van der Waals surface area (Å²) in [5.41, 5.74) is 0. The number of halogens is 1. The van der Waals surface area contributed by atoms with Gasteiger partial charge in [0.2, 0.25) is 5.91 Å². The zero-order chi connectivity index (χ0) is 15.1. The SMILES string of the molecule is CC1C(CF)OC(OCCCCC(=O)NS)C(C)C1C. The van der Waals surface area contributed by atoms with Crippen LogP contribution in [0.15, 0.2) is 0 Å². The van der Waals surface area contributed by atoms with Gasteiger partial charge in [-0.1, -0.05) is 33.6 Å². The highest BCUT2D eigenvalue weighted by Gasteiger charge is 2.39. The lowest BCUT2D eigenvalue weighted by molar-refractivity contribution is -0.250. The molecule has 1 saturated heterocycles. The summed E-state index contributed by atoms with van der Waals surface area (Å²) >= 11 is 3.69. The van der Waals surface area contributed by atoms with E-state index in [1.807, 2.05) is 6.92 Å². The molecule has 0 aromatic rings. The Morgan fingerprint density at radius 1 is 1.25 bits per heavy atom. The second-order valence-electron chi connectivity index (χ2n) is 5.64.